The van der Waals surface area contributed by atoms with Crippen LogP contribution in [0, 0.1) is 6.92 Å². The van der Waals surface area contributed by atoms with E-state index < -0.39 is 0 Å². The lowest BCUT2D eigenvalue weighted by atomic mass is 10.2. The van der Waals surface area contributed by atoms with Crippen molar-refractivity contribution in [3.8, 4) is 0 Å². The van der Waals surface area contributed by atoms with Gasteiger partial charge in [-0.05, 0) is 13.0 Å². The van der Waals surface area contributed by atoms with Gasteiger partial charge in [0.1, 0.15) is 10.9 Å². The second-order valence-corrected chi connectivity index (χ2v) is 4.55. The molecular formula is C10H16N2OS. The predicted molar refractivity (Wildman–Crippen MR) is 58.7 cm³/mol. The van der Waals surface area contributed by atoms with E-state index >= 15 is 0 Å². The molecule has 0 aliphatic carbocycles. The summed E-state index contributed by atoms with van der Waals surface area (Å²) in [6.45, 7) is 6.31. The fourth-order valence-electron chi connectivity index (χ4n) is 1.04. The van der Waals surface area contributed by atoms with Gasteiger partial charge in [-0.25, -0.2) is 9.97 Å². The zero-order valence-corrected chi connectivity index (χ0v) is 9.64. The Bertz CT molecular complexity index is 302. The van der Waals surface area contributed by atoms with Crippen molar-refractivity contribution < 1.29 is 5.11 Å². The molecule has 0 saturated carbocycles. The number of thioether (sulfide) groups is 1. The molecule has 0 radical (unpaired) electrons. The van der Waals surface area contributed by atoms with Gasteiger partial charge in [-0.15, -0.1) is 11.8 Å². The maximum Gasteiger partial charge on any atom is 0.132 e. The van der Waals surface area contributed by atoms with Crippen LogP contribution >= 0.6 is 11.8 Å². The Morgan fingerprint density at radius 2 is 2.14 bits per heavy atom. The van der Waals surface area contributed by atoms with Crippen LogP contribution in [0.4, 0.5) is 0 Å². The molecule has 0 aromatic carbocycles. The van der Waals surface area contributed by atoms with E-state index in [4.69, 9.17) is 5.11 Å². The van der Waals surface area contributed by atoms with Gasteiger partial charge in [0.2, 0.25) is 0 Å². The minimum Gasteiger partial charge on any atom is -0.396 e. The summed E-state index contributed by atoms with van der Waals surface area (Å²) in [5, 5.41) is 9.67. The lowest BCUT2D eigenvalue weighted by Crippen LogP contribution is -2.01. The predicted octanol–water partition coefficient (Wildman–Crippen LogP) is 1.99. The van der Waals surface area contributed by atoms with Crippen LogP contribution in [0.5, 0.6) is 0 Å². The van der Waals surface area contributed by atoms with Crippen LogP contribution in [0.1, 0.15) is 31.3 Å². The Kier molecular flexibility index (Phi) is 4.35. The summed E-state index contributed by atoms with van der Waals surface area (Å²) >= 11 is 1.57. The molecule has 0 spiro atoms. The first-order valence-corrected chi connectivity index (χ1v) is 5.71. The Hall–Kier alpha value is -0.610. The average molecular weight is 212 g/mol. The van der Waals surface area contributed by atoms with Gasteiger partial charge < -0.3 is 5.11 Å². The largest absolute Gasteiger partial charge is 0.396 e. The van der Waals surface area contributed by atoms with Gasteiger partial charge in [0, 0.05) is 17.4 Å². The number of rotatable bonds is 4. The molecule has 14 heavy (non-hydrogen) atoms. The third-order valence-corrected chi connectivity index (χ3v) is 2.60. The van der Waals surface area contributed by atoms with Gasteiger partial charge in [0.15, 0.2) is 0 Å². The third-order valence-electron chi connectivity index (χ3n) is 1.71. The van der Waals surface area contributed by atoms with Crippen molar-refractivity contribution in [2.75, 3.05) is 12.4 Å². The highest BCUT2D eigenvalue weighted by Gasteiger charge is 2.05. The fraction of sp³-hybridized carbons (Fsp3) is 0.600. The van der Waals surface area contributed by atoms with E-state index in [1.807, 2.05) is 13.0 Å². The molecule has 0 aliphatic heterocycles. The minimum atomic E-state index is 0.185. The van der Waals surface area contributed by atoms with E-state index in [-0.39, 0.29) is 6.61 Å². The van der Waals surface area contributed by atoms with E-state index in [9.17, 15) is 0 Å². The summed E-state index contributed by atoms with van der Waals surface area (Å²) in [6.07, 6.45) is 0. The average Bonchev–Trinajstić information content (AvgIpc) is 2.14. The van der Waals surface area contributed by atoms with Crippen molar-refractivity contribution >= 4 is 11.8 Å². The number of aliphatic hydroxyl groups excluding tert-OH is 1. The molecule has 0 atom stereocenters. The number of hydrogen-bond acceptors (Lipinski definition) is 4. The third kappa shape index (κ3) is 3.27. The summed E-state index contributed by atoms with van der Waals surface area (Å²) < 4.78 is 0. The van der Waals surface area contributed by atoms with Crippen LogP contribution in [0.25, 0.3) is 0 Å². The van der Waals surface area contributed by atoms with Gasteiger partial charge in [0.25, 0.3) is 0 Å². The van der Waals surface area contributed by atoms with Gasteiger partial charge in [-0.1, -0.05) is 13.8 Å². The first kappa shape index (κ1) is 11.5. The Balaban J connectivity index is 2.84. The van der Waals surface area contributed by atoms with Gasteiger partial charge in [-0.3, -0.25) is 0 Å². The lowest BCUT2D eigenvalue weighted by Gasteiger charge is -2.07. The minimum absolute atomic E-state index is 0.185. The van der Waals surface area contributed by atoms with E-state index in [0.29, 0.717) is 11.7 Å². The number of aliphatic hydroxyl groups is 1. The summed E-state index contributed by atoms with van der Waals surface area (Å²) in [7, 11) is 0. The molecular weight excluding hydrogens is 196 g/mol. The molecule has 1 rings (SSSR count). The van der Waals surface area contributed by atoms with Crippen molar-refractivity contribution in [1.82, 2.24) is 9.97 Å². The maximum absolute atomic E-state index is 8.71. The lowest BCUT2D eigenvalue weighted by molar-refractivity contribution is 0.322. The summed E-state index contributed by atoms with van der Waals surface area (Å²) in [4.78, 5) is 8.77. The Morgan fingerprint density at radius 1 is 1.43 bits per heavy atom. The topological polar surface area (TPSA) is 46.0 Å². The van der Waals surface area contributed by atoms with Crippen molar-refractivity contribution in [2.45, 2.75) is 31.7 Å². The molecule has 3 nitrogen and oxygen atoms in total. The van der Waals surface area contributed by atoms with E-state index in [2.05, 4.69) is 23.8 Å². The molecule has 0 bridgehead atoms. The molecule has 1 aromatic heterocycles. The molecule has 1 aromatic rings. The van der Waals surface area contributed by atoms with Crippen molar-refractivity contribution in [3.05, 3.63) is 17.6 Å². The first-order valence-electron chi connectivity index (χ1n) is 4.72. The fourth-order valence-corrected chi connectivity index (χ4v) is 1.76. The van der Waals surface area contributed by atoms with Crippen LogP contribution < -0.4 is 0 Å². The van der Waals surface area contributed by atoms with Crippen LogP contribution in [0.3, 0.4) is 0 Å². The number of aromatic nitrogens is 2. The second-order valence-electron chi connectivity index (χ2n) is 3.43. The van der Waals surface area contributed by atoms with Crippen LogP contribution in [-0.4, -0.2) is 27.4 Å². The SMILES string of the molecule is Cc1cc(SCCO)nc(C(C)C)n1. The molecule has 0 amide bonds. The normalized spacial score (nSPS) is 10.9. The molecule has 0 fully saturated rings. The molecule has 0 aliphatic rings. The van der Waals surface area contributed by atoms with Gasteiger partial charge >= 0.3 is 0 Å². The molecule has 0 unspecified atom stereocenters. The molecule has 78 valence electrons. The van der Waals surface area contributed by atoms with Crippen LogP contribution in [-0.2, 0) is 0 Å². The molecule has 4 heteroatoms. The van der Waals surface area contributed by atoms with E-state index in [1.54, 1.807) is 11.8 Å². The number of aryl methyl sites for hydroxylation is 1. The van der Waals surface area contributed by atoms with E-state index in [1.165, 1.54) is 0 Å². The second kappa shape index (κ2) is 5.32. The molecule has 1 N–H and O–H groups in total. The number of hydrogen-bond donors (Lipinski definition) is 1. The smallest absolute Gasteiger partial charge is 0.132 e. The highest BCUT2D eigenvalue weighted by atomic mass is 32.2. The van der Waals surface area contributed by atoms with Crippen molar-refractivity contribution in [2.24, 2.45) is 0 Å². The Labute approximate surface area is 89.0 Å². The Morgan fingerprint density at radius 3 is 2.71 bits per heavy atom. The highest BCUT2D eigenvalue weighted by Crippen LogP contribution is 2.18. The zero-order valence-electron chi connectivity index (χ0n) is 8.82. The molecule has 0 saturated heterocycles. The van der Waals surface area contributed by atoms with Gasteiger partial charge in [-0.2, -0.15) is 0 Å². The van der Waals surface area contributed by atoms with Gasteiger partial charge in [0.05, 0.1) is 6.61 Å². The standard InChI is InChI=1S/C10H16N2OS/c1-7(2)10-11-8(3)6-9(12-10)14-5-4-13/h6-7,13H,4-5H2,1-3H3. The highest BCUT2D eigenvalue weighted by molar-refractivity contribution is 7.99. The first-order chi connectivity index (χ1) is 6.63. The van der Waals surface area contributed by atoms with E-state index in [0.717, 1.165) is 16.5 Å². The summed E-state index contributed by atoms with van der Waals surface area (Å²) in [6, 6.07) is 1.95. The summed E-state index contributed by atoms with van der Waals surface area (Å²) in [5.74, 6) is 1.92. The number of nitrogens with zero attached hydrogens (tertiary/aromatic N) is 2. The summed E-state index contributed by atoms with van der Waals surface area (Å²) in [5.41, 5.74) is 0.990. The maximum atomic E-state index is 8.71. The van der Waals surface area contributed by atoms with Crippen molar-refractivity contribution in [3.63, 3.8) is 0 Å². The van der Waals surface area contributed by atoms with Crippen LogP contribution in [0.15, 0.2) is 11.1 Å². The zero-order chi connectivity index (χ0) is 10.6. The quantitative estimate of drug-likeness (QED) is 0.612. The van der Waals surface area contributed by atoms with Crippen LogP contribution in [0.2, 0.25) is 0 Å². The van der Waals surface area contributed by atoms with Crippen molar-refractivity contribution in [1.29, 1.82) is 0 Å². The monoisotopic (exact) mass is 212 g/mol. The molecule has 1 heterocycles.